The van der Waals surface area contributed by atoms with Gasteiger partial charge in [0, 0.05) is 18.4 Å². The van der Waals surface area contributed by atoms with Gasteiger partial charge in [0.15, 0.2) is 11.5 Å². The summed E-state index contributed by atoms with van der Waals surface area (Å²) in [5, 5.41) is 6.45. The molecule has 0 aliphatic heterocycles. The zero-order valence-corrected chi connectivity index (χ0v) is 13.4. The van der Waals surface area contributed by atoms with Gasteiger partial charge in [-0.2, -0.15) is 4.98 Å². The molecule has 1 N–H and O–H groups in total. The molecule has 7 nitrogen and oxygen atoms in total. The van der Waals surface area contributed by atoms with Crippen molar-refractivity contribution in [2.75, 3.05) is 5.32 Å². The molecule has 2 aromatic heterocycles. The van der Waals surface area contributed by atoms with Crippen molar-refractivity contribution in [3.63, 3.8) is 0 Å². The van der Waals surface area contributed by atoms with Gasteiger partial charge in [0.1, 0.15) is 5.82 Å². The standard InChI is InChI=1S/C16H20N6O/c1-10-6-4-5-7-13(10)19-16-18-11(2)14(21-23)15(20-16)22-9-8-17-12(22)3/h8-9,13H,1,4-7H2,2-3H3,(H,18,19,20)/t13-/m0/s1. The van der Waals surface area contributed by atoms with E-state index >= 15 is 0 Å². The maximum atomic E-state index is 11.2. The molecule has 7 heteroatoms. The fraction of sp³-hybridized carbons (Fsp3) is 0.438. The number of rotatable bonds is 4. The first kappa shape index (κ1) is 15.3. The van der Waals surface area contributed by atoms with Crippen LogP contribution in [0.5, 0.6) is 0 Å². The molecule has 0 bridgehead atoms. The van der Waals surface area contributed by atoms with Gasteiger partial charge < -0.3 is 5.32 Å². The lowest BCUT2D eigenvalue weighted by Crippen LogP contribution is -2.26. The lowest BCUT2D eigenvalue weighted by Gasteiger charge is -2.25. The Balaban J connectivity index is 1.99. The molecule has 0 spiro atoms. The van der Waals surface area contributed by atoms with Crippen molar-refractivity contribution in [1.29, 1.82) is 0 Å². The fourth-order valence-electron chi connectivity index (χ4n) is 2.90. The molecule has 23 heavy (non-hydrogen) atoms. The molecular formula is C16H20N6O. The number of nitrogens with zero attached hydrogens (tertiary/aromatic N) is 5. The van der Waals surface area contributed by atoms with E-state index in [1.54, 1.807) is 23.9 Å². The molecule has 0 unspecified atom stereocenters. The minimum Gasteiger partial charge on any atom is -0.348 e. The van der Waals surface area contributed by atoms with Crippen molar-refractivity contribution in [3.8, 4) is 5.82 Å². The van der Waals surface area contributed by atoms with E-state index in [4.69, 9.17) is 0 Å². The molecule has 1 fully saturated rings. The van der Waals surface area contributed by atoms with Crippen LogP contribution in [0.1, 0.15) is 37.2 Å². The predicted octanol–water partition coefficient (Wildman–Crippen LogP) is 3.59. The van der Waals surface area contributed by atoms with Crippen molar-refractivity contribution in [1.82, 2.24) is 19.5 Å². The Morgan fingerprint density at radius 2 is 2.17 bits per heavy atom. The molecule has 120 valence electrons. The number of imidazole rings is 1. The fourth-order valence-corrected chi connectivity index (χ4v) is 2.90. The zero-order valence-electron chi connectivity index (χ0n) is 13.4. The molecule has 1 atom stereocenters. The second-order valence-corrected chi connectivity index (χ2v) is 5.84. The number of nitroso groups, excluding NO2 is 1. The van der Waals surface area contributed by atoms with Crippen LogP contribution in [0.2, 0.25) is 0 Å². The first-order valence-electron chi connectivity index (χ1n) is 7.76. The highest BCUT2D eigenvalue weighted by molar-refractivity contribution is 5.58. The van der Waals surface area contributed by atoms with Gasteiger partial charge in [-0.3, -0.25) is 4.57 Å². The third-order valence-electron chi connectivity index (χ3n) is 4.22. The molecule has 0 radical (unpaired) electrons. The Bertz CT molecular complexity index is 751. The van der Waals surface area contributed by atoms with Crippen LogP contribution in [0.3, 0.4) is 0 Å². The second-order valence-electron chi connectivity index (χ2n) is 5.84. The quantitative estimate of drug-likeness (QED) is 0.689. The summed E-state index contributed by atoms with van der Waals surface area (Å²) in [7, 11) is 0. The van der Waals surface area contributed by atoms with Crippen LogP contribution in [-0.4, -0.2) is 25.6 Å². The van der Waals surface area contributed by atoms with Gasteiger partial charge in [0.05, 0.1) is 5.69 Å². The lowest BCUT2D eigenvalue weighted by atomic mass is 9.91. The van der Waals surface area contributed by atoms with Crippen LogP contribution in [0.15, 0.2) is 29.7 Å². The summed E-state index contributed by atoms with van der Waals surface area (Å²) < 4.78 is 1.74. The van der Waals surface area contributed by atoms with Gasteiger partial charge in [-0.25, -0.2) is 9.97 Å². The lowest BCUT2D eigenvalue weighted by molar-refractivity contribution is 0.557. The SMILES string of the molecule is C=C1CCCC[C@@H]1Nc1nc(C)c(N=O)c(-n2ccnc2C)n1. The largest absolute Gasteiger partial charge is 0.348 e. The van der Waals surface area contributed by atoms with Gasteiger partial charge in [-0.05, 0) is 38.3 Å². The molecule has 3 rings (SSSR count). The monoisotopic (exact) mass is 312 g/mol. The Morgan fingerprint density at radius 3 is 2.83 bits per heavy atom. The van der Waals surface area contributed by atoms with Crippen LogP contribution in [-0.2, 0) is 0 Å². The summed E-state index contributed by atoms with van der Waals surface area (Å²) in [5.41, 5.74) is 1.96. The van der Waals surface area contributed by atoms with E-state index in [-0.39, 0.29) is 11.7 Å². The minimum absolute atomic E-state index is 0.176. The Morgan fingerprint density at radius 1 is 1.35 bits per heavy atom. The van der Waals surface area contributed by atoms with Crippen molar-refractivity contribution >= 4 is 11.6 Å². The Labute approximate surface area is 134 Å². The highest BCUT2D eigenvalue weighted by Gasteiger charge is 2.20. The van der Waals surface area contributed by atoms with Crippen molar-refractivity contribution < 1.29 is 0 Å². The number of nitrogens with one attached hydrogen (secondary N) is 1. The summed E-state index contributed by atoms with van der Waals surface area (Å²) in [6.07, 6.45) is 7.82. The molecule has 1 aliphatic carbocycles. The van der Waals surface area contributed by atoms with Gasteiger partial charge in [0.2, 0.25) is 5.95 Å². The highest BCUT2D eigenvalue weighted by atomic mass is 16.3. The molecule has 1 saturated carbocycles. The topological polar surface area (TPSA) is 85.1 Å². The number of hydrogen-bond donors (Lipinski definition) is 1. The molecular weight excluding hydrogens is 292 g/mol. The summed E-state index contributed by atoms with van der Waals surface area (Å²) >= 11 is 0. The molecule has 2 aromatic rings. The number of anilines is 1. The van der Waals surface area contributed by atoms with E-state index in [1.165, 1.54) is 12.0 Å². The number of aryl methyl sites for hydroxylation is 2. The molecule has 2 heterocycles. The molecule has 0 amide bonds. The summed E-state index contributed by atoms with van der Waals surface area (Å²) in [5.74, 6) is 1.68. The van der Waals surface area contributed by atoms with E-state index in [2.05, 4.69) is 32.0 Å². The van der Waals surface area contributed by atoms with E-state index in [1.807, 2.05) is 6.92 Å². The molecule has 0 aromatic carbocycles. The van der Waals surface area contributed by atoms with Crippen LogP contribution in [0, 0.1) is 18.8 Å². The van der Waals surface area contributed by atoms with Gasteiger partial charge >= 0.3 is 0 Å². The zero-order chi connectivity index (χ0) is 16.4. The average Bonchev–Trinajstić information content (AvgIpc) is 2.95. The third kappa shape index (κ3) is 2.99. The van der Waals surface area contributed by atoms with Gasteiger partial charge in [0.25, 0.3) is 0 Å². The maximum Gasteiger partial charge on any atom is 0.225 e. The van der Waals surface area contributed by atoms with Crippen LogP contribution < -0.4 is 5.32 Å². The Hall–Kier alpha value is -2.57. The maximum absolute atomic E-state index is 11.2. The predicted molar refractivity (Wildman–Crippen MR) is 89.1 cm³/mol. The smallest absolute Gasteiger partial charge is 0.225 e. The highest BCUT2D eigenvalue weighted by Crippen LogP contribution is 2.29. The van der Waals surface area contributed by atoms with Crippen molar-refractivity contribution in [2.45, 2.75) is 45.6 Å². The first-order chi connectivity index (χ1) is 11.1. The summed E-state index contributed by atoms with van der Waals surface area (Å²) in [6, 6.07) is 0.176. The first-order valence-corrected chi connectivity index (χ1v) is 7.76. The minimum atomic E-state index is 0.176. The molecule has 1 aliphatic rings. The molecule has 0 saturated heterocycles. The van der Waals surface area contributed by atoms with Gasteiger partial charge in [-0.1, -0.05) is 18.6 Å². The Kier molecular flexibility index (Phi) is 4.18. The van der Waals surface area contributed by atoms with E-state index < -0.39 is 0 Å². The number of hydrogen-bond acceptors (Lipinski definition) is 6. The van der Waals surface area contributed by atoms with E-state index in [0.29, 0.717) is 17.5 Å². The second kappa shape index (κ2) is 6.28. The van der Waals surface area contributed by atoms with Crippen LogP contribution >= 0.6 is 0 Å². The van der Waals surface area contributed by atoms with Crippen LogP contribution in [0.25, 0.3) is 5.82 Å². The van der Waals surface area contributed by atoms with Gasteiger partial charge in [-0.15, -0.1) is 4.91 Å². The number of aromatic nitrogens is 4. The summed E-state index contributed by atoms with van der Waals surface area (Å²) in [6.45, 7) is 7.74. The van der Waals surface area contributed by atoms with E-state index in [0.717, 1.165) is 25.1 Å². The normalized spacial score (nSPS) is 18.0. The van der Waals surface area contributed by atoms with E-state index in [9.17, 15) is 4.91 Å². The third-order valence-corrected chi connectivity index (χ3v) is 4.22. The summed E-state index contributed by atoms with van der Waals surface area (Å²) in [4.78, 5) is 24.3. The average molecular weight is 312 g/mol. The van der Waals surface area contributed by atoms with Crippen molar-refractivity contribution in [3.05, 3.63) is 41.0 Å². The van der Waals surface area contributed by atoms with Crippen LogP contribution in [0.4, 0.5) is 11.6 Å². The van der Waals surface area contributed by atoms with Crippen molar-refractivity contribution in [2.24, 2.45) is 5.18 Å².